The zero-order valence-corrected chi connectivity index (χ0v) is 11.0. The molecule has 3 amide bonds. The van der Waals surface area contributed by atoms with Gasteiger partial charge in [-0.25, -0.2) is 10.2 Å². The van der Waals surface area contributed by atoms with Gasteiger partial charge in [0.2, 0.25) is 0 Å². The summed E-state index contributed by atoms with van der Waals surface area (Å²) in [5, 5.41) is 3.05. The van der Waals surface area contributed by atoms with E-state index in [2.05, 4.69) is 16.2 Å². The van der Waals surface area contributed by atoms with Gasteiger partial charge < -0.3 is 5.32 Å². The number of hydrogen-bond donors (Lipinski definition) is 3. The number of nitrogens with one attached hydrogen (secondary N) is 3. The lowest BCUT2D eigenvalue weighted by molar-refractivity contribution is -0.117. The van der Waals surface area contributed by atoms with Crippen molar-refractivity contribution in [2.24, 2.45) is 0 Å². The van der Waals surface area contributed by atoms with E-state index in [9.17, 15) is 9.59 Å². The molecule has 0 spiro atoms. The third-order valence-electron chi connectivity index (χ3n) is 1.92. The van der Waals surface area contributed by atoms with Gasteiger partial charge in [-0.15, -0.1) is 0 Å². The van der Waals surface area contributed by atoms with Crippen LogP contribution in [0.15, 0.2) is 24.3 Å². The third kappa shape index (κ3) is 4.27. The highest BCUT2D eigenvalue weighted by molar-refractivity contribution is 6.42. The zero-order valence-electron chi connectivity index (χ0n) is 9.46. The number of halogens is 2. The predicted octanol–water partition coefficient (Wildman–Crippen LogP) is 1.97. The van der Waals surface area contributed by atoms with Gasteiger partial charge in [-0.05, 0) is 17.7 Å². The summed E-state index contributed by atoms with van der Waals surface area (Å²) >= 11 is 11.8. The monoisotopic (exact) mass is 287 g/mol. The molecule has 0 aliphatic carbocycles. The van der Waals surface area contributed by atoms with E-state index in [1.165, 1.54) is 19.2 Å². The summed E-state index contributed by atoms with van der Waals surface area (Å²) in [7, 11) is 1.43. The average molecular weight is 288 g/mol. The molecule has 0 unspecified atom stereocenters. The normalized spacial score (nSPS) is 10.2. The molecule has 18 heavy (non-hydrogen) atoms. The average Bonchev–Trinajstić information content (AvgIpc) is 2.37. The highest BCUT2D eigenvalue weighted by Gasteiger charge is 2.02. The number of carbonyl (C=O) groups excluding carboxylic acids is 2. The van der Waals surface area contributed by atoms with E-state index in [1.54, 1.807) is 18.2 Å². The fourth-order valence-electron chi connectivity index (χ4n) is 1.04. The summed E-state index contributed by atoms with van der Waals surface area (Å²) in [6.45, 7) is 0. The molecule has 96 valence electrons. The van der Waals surface area contributed by atoms with Crippen molar-refractivity contribution >= 4 is 41.2 Å². The van der Waals surface area contributed by atoms with Gasteiger partial charge >= 0.3 is 6.03 Å². The lowest BCUT2D eigenvalue weighted by Gasteiger charge is -2.03. The minimum absolute atomic E-state index is 0.363. The number of amides is 3. The van der Waals surface area contributed by atoms with Gasteiger partial charge in [0.1, 0.15) is 0 Å². The van der Waals surface area contributed by atoms with Crippen molar-refractivity contribution in [2.45, 2.75) is 0 Å². The number of benzene rings is 1. The lowest BCUT2D eigenvalue weighted by atomic mass is 10.2. The fourth-order valence-corrected chi connectivity index (χ4v) is 1.41. The molecule has 3 N–H and O–H groups in total. The Hall–Kier alpha value is -1.72. The van der Waals surface area contributed by atoms with E-state index in [4.69, 9.17) is 23.2 Å². The molecule has 0 radical (unpaired) electrons. The van der Waals surface area contributed by atoms with Crippen LogP contribution < -0.4 is 16.2 Å². The van der Waals surface area contributed by atoms with Crippen LogP contribution in [-0.4, -0.2) is 19.0 Å². The van der Waals surface area contributed by atoms with Crippen LogP contribution in [-0.2, 0) is 4.79 Å². The Morgan fingerprint density at radius 2 is 1.94 bits per heavy atom. The molecule has 0 fully saturated rings. The van der Waals surface area contributed by atoms with Crippen molar-refractivity contribution < 1.29 is 9.59 Å². The van der Waals surface area contributed by atoms with Crippen molar-refractivity contribution in [3.63, 3.8) is 0 Å². The van der Waals surface area contributed by atoms with E-state index in [-0.39, 0.29) is 0 Å². The molecule has 0 aliphatic rings. The SMILES string of the molecule is CNC(=O)NNC(=O)/C=C/c1cccc(Cl)c1Cl. The van der Waals surface area contributed by atoms with Gasteiger partial charge in [-0.2, -0.15) is 0 Å². The molecule has 0 aliphatic heterocycles. The second kappa shape index (κ2) is 6.88. The molecule has 1 rings (SSSR count). The van der Waals surface area contributed by atoms with Crippen LogP contribution in [0, 0.1) is 0 Å². The van der Waals surface area contributed by atoms with Crippen LogP contribution in [0.1, 0.15) is 5.56 Å². The standard InChI is InChI=1S/C11H11Cl2N3O2/c1-14-11(18)16-15-9(17)6-5-7-3-2-4-8(12)10(7)13/h2-6H,1H3,(H,15,17)(H2,14,16,18)/b6-5+. The van der Waals surface area contributed by atoms with Crippen molar-refractivity contribution in [2.75, 3.05) is 7.05 Å². The molecule has 7 heteroatoms. The number of carbonyl (C=O) groups is 2. The molecule has 1 aromatic carbocycles. The van der Waals surface area contributed by atoms with Crippen molar-refractivity contribution in [3.05, 3.63) is 39.9 Å². The van der Waals surface area contributed by atoms with Gasteiger partial charge in [0.05, 0.1) is 10.0 Å². The molecule has 0 aromatic heterocycles. The molecule has 0 saturated carbocycles. The smallest absolute Gasteiger partial charge is 0.333 e. The molecule has 0 heterocycles. The summed E-state index contributed by atoms with van der Waals surface area (Å²) in [5.74, 6) is -0.491. The number of rotatable bonds is 2. The Kier molecular flexibility index (Phi) is 5.48. The number of hydrazine groups is 1. The first-order valence-electron chi connectivity index (χ1n) is 4.94. The maximum absolute atomic E-state index is 11.3. The molecular formula is C11H11Cl2N3O2. The second-order valence-electron chi connectivity index (χ2n) is 3.17. The van der Waals surface area contributed by atoms with Crippen LogP contribution in [0.2, 0.25) is 10.0 Å². The Morgan fingerprint density at radius 1 is 1.22 bits per heavy atom. The van der Waals surface area contributed by atoms with Crippen LogP contribution >= 0.6 is 23.2 Å². The summed E-state index contributed by atoms with van der Waals surface area (Å²) in [6, 6.07) is 4.56. The van der Waals surface area contributed by atoms with Crippen LogP contribution in [0.4, 0.5) is 4.79 Å². The van der Waals surface area contributed by atoms with E-state index in [0.29, 0.717) is 15.6 Å². The molecule has 0 atom stereocenters. The Morgan fingerprint density at radius 3 is 2.61 bits per heavy atom. The lowest BCUT2D eigenvalue weighted by Crippen LogP contribution is -2.45. The highest BCUT2D eigenvalue weighted by Crippen LogP contribution is 2.26. The quantitative estimate of drug-likeness (QED) is 0.575. The minimum atomic E-state index is -0.516. The summed E-state index contributed by atoms with van der Waals surface area (Å²) < 4.78 is 0. The first-order valence-corrected chi connectivity index (χ1v) is 5.70. The highest BCUT2D eigenvalue weighted by atomic mass is 35.5. The summed E-state index contributed by atoms with van der Waals surface area (Å²) in [6.07, 6.45) is 2.72. The Bertz CT molecular complexity index is 489. The van der Waals surface area contributed by atoms with Crippen molar-refractivity contribution in [1.82, 2.24) is 16.2 Å². The van der Waals surface area contributed by atoms with Crippen molar-refractivity contribution in [1.29, 1.82) is 0 Å². The third-order valence-corrected chi connectivity index (χ3v) is 2.76. The summed E-state index contributed by atoms with van der Waals surface area (Å²) in [4.78, 5) is 22.1. The first-order chi connectivity index (χ1) is 8.54. The van der Waals surface area contributed by atoms with Crippen LogP contribution in [0.25, 0.3) is 6.08 Å². The minimum Gasteiger partial charge on any atom is -0.340 e. The number of hydrogen-bond acceptors (Lipinski definition) is 2. The zero-order chi connectivity index (χ0) is 13.5. The van der Waals surface area contributed by atoms with Crippen LogP contribution in [0.3, 0.4) is 0 Å². The van der Waals surface area contributed by atoms with Crippen molar-refractivity contribution in [3.8, 4) is 0 Å². The van der Waals surface area contributed by atoms with E-state index in [0.717, 1.165) is 0 Å². The molecule has 5 nitrogen and oxygen atoms in total. The molecular weight excluding hydrogens is 277 g/mol. The Labute approximate surface area is 114 Å². The van der Waals surface area contributed by atoms with Gasteiger partial charge in [0.25, 0.3) is 5.91 Å². The largest absolute Gasteiger partial charge is 0.340 e. The van der Waals surface area contributed by atoms with Gasteiger partial charge in [0.15, 0.2) is 0 Å². The van der Waals surface area contributed by atoms with E-state index >= 15 is 0 Å². The fraction of sp³-hybridized carbons (Fsp3) is 0.0909. The molecule has 0 saturated heterocycles. The van der Waals surface area contributed by atoms with E-state index in [1.807, 2.05) is 0 Å². The topological polar surface area (TPSA) is 70.2 Å². The van der Waals surface area contributed by atoms with Crippen LogP contribution in [0.5, 0.6) is 0 Å². The first kappa shape index (κ1) is 14.3. The maximum Gasteiger partial charge on any atom is 0.333 e. The molecule has 0 bridgehead atoms. The Balaban J connectivity index is 2.61. The van der Waals surface area contributed by atoms with E-state index < -0.39 is 11.9 Å². The van der Waals surface area contributed by atoms with Gasteiger partial charge in [-0.1, -0.05) is 35.3 Å². The molecule has 1 aromatic rings. The number of urea groups is 1. The second-order valence-corrected chi connectivity index (χ2v) is 3.95. The van der Waals surface area contributed by atoms with Gasteiger partial charge in [-0.3, -0.25) is 10.2 Å². The maximum atomic E-state index is 11.3. The predicted molar refractivity (Wildman–Crippen MR) is 71.2 cm³/mol. The van der Waals surface area contributed by atoms with Gasteiger partial charge in [0, 0.05) is 13.1 Å². The summed E-state index contributed by atoms with van der Waals surface area (Å²) in [5.41, 5.74) is 4.92.